The number of para-hydroxylation sites is 4. The molecule has 0 saturated heterocycles. The van der Waals surface area contributed by atoms with E-state index in [1.54, 1.807) is 0 Å². The van der Waals surface area contributed by atoms with Gasteiger partial charge in [-0.2, -0.15) is 0 Å². The maximum atomic E-state index is 5.01. The highest BCUT2D eigenvalue weighted by Gasteiger charge is 2.18. The zero-order valence-electron chi connectivity index (χ0n) is 28.1. The summed E-state index contributed by atoms with van der Waals surface area (Å²) in [6.07, 6.45) is 3.71. The van der Waals surface area contributed by atoms with Crippen LogP contribution in [0, 0.1) is 6.92 Å². The van der Waals surface area contributed by atoms with Gasteiger partial charge in [0.15, 0.2) is 0 Å². The van der Waals surface area contributed by atoms with E-state index in [0.717, 1.165) is 67.7 Å². The minimum Gasteiger partial charge on any atom is -0.310 e. The Bertz CT molecular complexity index is 2620. The van der Waals surface area contributed by atoms with Crippen LogP contribution >= 0.6 is 0 Å². The molecule has 0 N–H and O–H groups in total. The fourth-order valence-corrected chi connectivity index (χ4v) is 6.88. The van der Waals surface area contributed by atoms with Gasteiger partial charge in [0.2, 0.25) is 0 Å². The Balaban J connectivity index is 1.01. The minimum absolute atomic E-state index is 0.820. The lowest BCUT2D eigenvalue weighted by molar-refractivity contribution is 1.10. The first kappa shape index (κ1) is 30.2. The Morgan fingerprint density at radius 1 is 0.490 bits per heavy atom. The summed E-state index contributed by atoms with van der Waals surface area (Å²) in [4.78, 5) is 17.0. The molecule has 0 spiro atoms. The molecule has 7 aromatic carbocycles. The van der Waals surface area contributed by atoms with Crippen molar-refractivity contribution in [3.63, 3.8) is 0 Å². The molecule has 0 unspecified atom stereocenters. The lowest BCUT2D eigenvalue weighted by atomic mass is 10.0. The predicted molar refractivity (Wildman–Crippen MR) is 210 cm³/mol. The number of anilines is 3. The molecule has 9 rings (SSSR count). The molecule has 0 fully saturated rings. The van der Waals surface area contributed by atoms with E-state index >= 15 is 0 Å². The van der Waals surface area contributed by atoms with E-state index in [1.165, 1.54) is 16.3 Å². The number of imidazole rings is 1. The lowest BCUT2D eigenvalue weighted by Crippen LogP contribution is -2.11. The number of benzene rings is 7. The molecular weight excluding hydrogens is 623 g/mol. The summed E-state index contributed by atoms with van der Waals surface area (Å²) in [6, 6.07) is 59.2. The van der Waals surface area contributed by atoms with E-state index in [4.69, 9.17) is 15.0 Å². The van der Waals surface area contributed by atoms with E-state index in [2.05, 4.69) is 174 Å². The number of fused-ring (bicyclic) bond motifs is 2. The van der Waals surface area contributed by atoms with Gasteiger partial charge >= 0.3 is 0 Å². The van der Waals surface area contributed by atoms with Crippen LogP contribution in [0.5, 0.6) is 0 Å². The molecule has 2 aromatic heterocycles. The number of aryl methyl sites for hydroxylation is 1. The van der Waals surface area contributed by atoms with E-state index in [-0.39, 0.29) is 0 Å². The third-order valence-corrected chi connectivity index (χ3v) is 9.45. The molecule has 5 heteroatoms. The van der Waals surface area contributed by atoms with Crippen LogP contribution in [0.25, 0.3) is 61.4 Å². The fourth-order valence-electron chi connectivity index (χ4n) is 6.88. The first-order valence-electron chi connectivity index (χ1n) is 17.1. The van der Waals surface area contributed by atoms with Gasteiger partial charge in [0.25, 0.3) is 0 Å². The molecule has 0 aliphatic heterocycles. The molecule has 0 aliphatic rings. The van der Waals surface area contributed by atoms with Gasteiger partial charge in [-0.1, -0.05) is 121 Å². The Morgan fingerprint density at radius 2 is 1.08 bits per heavy atom. The van der Waals surface area contributed by atoms with E-state index in [0.29, 0.717) is 0 Å². The zero-order chi connectivity index (χ0) is 34.1. The topological polar surface area (TPSA) is 46.8 Å². The average molecular weight is 656 g/mol. The lowest BCUT2D eigenvalue weighted by Gasteiger charge is -2.28. The normalized spacial score (nSPS) is 11.2. The highest BCUT2D eigenvalue weighted by Crippen LogP contribution is 2.40. The van der Waals surface area contributed by atoms with E-state index in [9.17, 15) is 0 Å². The quantitative estimate of drug-likeness (QED) is 0.171. The highest BCUT2D eigenvalue weighted by atomic mass is 15.1. The SMILES string of the molecule is Cc1ccccc1N(c1ccc(-c2cnc(-c3ccc(-c4nc5ccccc5n4-c4ccccc4)cc3)cn2)cc1)c1cccc2ccccc12. The number of rotatable bonds is 7. The van der Waals surface area contributed by atoms with Crippen molar-refractivity contribution in [2.24, 2.45) is 0 Å². The Morgan fingerprint density at radius 3 is 1.82 bits per heavy atom. The van der Waals surface area contributed by atoms with Gasteiger partial charge < -0.3 is 4.90 Å². The van der Waals surface area contributed by atoms with Gasteiger partial charge in [-0.25, -0.2) is 4.98 Å². The van der Waals surface area contributed by atoms with Crippen molar-refractivity contribution >= 4 is 38.9 Å². The Kier molecular flexibility index (Phi) is 7.63. The number of hydrogen-bond donors (Lipinski definition) is 0. The summed E-state index contributed by atoms with van der Waals surface area (Å²) in [5.74, 6) is 0.903. The standard InChI is InChI=1S/C46H33N5/c1-32-12-5-9-19-43(32)50(44-21-11-14-33-13-6-7-17-39(33)44)38-28-26-35(27-29-38)42-31-47-41(30-48-42)34-22-24-36(25-23-34)46-49-40-18-8-10-20-45(40)51(46)37-15-3-2-4-16-37/h2-31H,1H3. The fraction of sp³-hybridized carbons (Fsp3) is 0.0217. The molecule has 51 heavy (non-hydrogen) atoms. The second-order valence-corrected chi connectivity index (χ2v) is 12.6. The monoisotopic (exact) mass is 655 g/mol. The first-order valence-corrected chi connectivity index (χ1v) is 17.1. The second kappa shape index (κ2) is 12.9. The van der Waals surface area contributed by atoms with Crippen molar-refractivity contribution in [1.82, 2.24) is 19.5 Å². The Hall–Kier alpha value is -6.85. The van der Waals surface area contributed by atoms with Crippen LogP contribution in [0.3, 0.4) is 0 Å². The van der Waals surface area contributed by atoms with E-state index < -0.39 is 0 Å². The summed E-state index contributed by atoms with van der Waals surface area (Å²) >= 11 is 0. The van der Waals surface area contributed by atoms with Crippen LogP contribution in [-0.4, -0.2) is 19.5 Å². The predicted octanol–water partition coefficient (Wildman–Crippen LogP) is 11.7. The van der Waals surface area contributed by atoms with Crippen LogP contribution < -0.4 is 4.90 Å². The average Bonchev–Trinajstić information content (AvgIpc) is 3.59. The highest BCUT2D eigenvalue weighted by molar-refractivity contribution is 5.99. The van der Waals surface area contributed by atoms with Crippen LogP contribution in [-0.2, 0) is 0 Å². The maximum Gasteiger partial charge on any atom is 0.145 e. The molecule has 5 nitrogen and oxygen atoms in total. The van der Waals surface area contributed by atoms with Crippen molar-refractivity contribution in [3.05, 3.63) is 188 Å². The second-order valence-electron chi connectivity index (χ2n) is 12.6. The number of hydrogen-bond acceptors (Lipinski definition) is 4. The number of aromatic nitrogens is 4. The molecule has 9 aromatic rings. The summed E-state index contributed by atoms with van der Waals surface area (Å²) in [5.41, 5.74) is 12.4. The maximum absolute atomic E-state index is 5.01. The van der Waals surface area contributed by atoms with Gasteiger partial charge in [-0.3, -0.25) is 14.5 Å². The molecule has 0 radical (unpaired) electrons. The molecular formula is C46H33N5. The molecule has 0 amide bonds. The third kappa shape index (κ3) is 5.61. The summed E-state index contributed by atoms with van der Waals surface area (Å²) in [5, 5.41) is 2.42. The molecule has 0 bridgehead atoms. The molecule has 0 saturated carbocycles. The summed E-state index contributed by atoms with van der Waals surface area (Å²) in [6.45, 7) is 2.16. The molecule has 242 valence electrons. The van der Waals surface area contributed by atoms with Gasteiger partial charge in [0.05, 0.1) is 40.5 Å². The summed E-state index contributed by atoms with van der Waals surface area (Å²) < 4.78 is 2.21. The third-order valence-electron chi connectivity index (χ3n) is 9.45. The van der Waals surface area contributed by atoms with Crippen LogP contribution in [0.15, 0.2) is 182 Å². The Labute approximate surface area is 296 Å². The van der Waals surface area contributed by atoms with Crippen LogP contribution in [0.2, 0.25) is 0 Å². The number of nitrogens with zero attached hydrogens (tertiary/aromatic N) is 5. The van der Waals surface area contributed by atoms with Crippen molar-refractivity contribution in [1.29, 1.82) is 0 Å². The van der Waals surface area contributed by atoms with Crippen LogP contribution in [0.4, 0.5) is 17.1 Å². The molecule has 0 aliphatic carbocycles. The minimum atomic E-state index is 0.820. The van der Waals surface area contributed by atoms with Crippen molar-refractivity contribution in [2.45, 2.75) is 6.92 Å². The van der Waals surface area contributed by atoms with Crippen molar-refractivity contribution in [2.75, 3.05) is 4.90 Å². The van der Waals surface area contributed by atoms with Gasteiger partial charge in [0.1, 0.15) is 5.82 Å². The van der Waals surface area contributed by atoms with Crippen molar-refractivity contribution < 1.29 is 0 Å². The van der Waals surface area contributed by atoms with Gasteiger partial charge in [0, 0.05) is 39.1 Å². The molecule has 2 heterocycles. The zero-order valence-corrected chi connectivity index (χ0v) is 28.1. The van der Waals surface area contributed by atoms with E-state index in [1.807, 2.05) is 24.5 Å². The van der Waals surface area contributed by atoms with Crippen molar-refractivity contribution in [3.8, 4) is 39.6 Å². The summed E-state index contributed by atoms with van der Waals surface area (Å²) in [7, 11) is 0. The first-order chi connectivity index (χ1) is 25.2. The van der Waals surface area contributed by atoms with Gasteiger partial charge in [-0.15, -0.1) is 0 Å². The van der Waals surface area contributed by atoms with Crippen LogP contribution in [0.1, 0.15) is 5.56 Å². The molecule has 0 atom stereocenters. The largest absolute Gasteiger partial charge is 0.310 e. The van der Waals surface area contributed by atoms with Gasteiger partial charge in [-0.05, 0) is 66.4 Å². The smallest absolute Gasteiger partial charge is 0.145 e.